The Labute approximate surface area is 171 Å². The molecule has 0 bridgehead atoms. The number of nitrogen functional groups attached to an aromatic ring is 1. The molecule has 1 atom stereocenters. The lowest BCUT2D eigenvalue weighted by Crippen LogP contribution is -2.58. The summed E-state index contributed by atoms with van der Waals surface area (Å²) in [5.74, 6) is -3.24. The van der Waals surface area contributed by atoms with Crippen LogP contribution in [0, 0.1) is 6.92 Å². The van der Waals surface area contributed by atoms with E-state index < -0.39 is 24.4 Å². The number of nitrogens with zero attached hydrogens (tertiary/aromatic N) is 2. The molecule has 2 aromatic rings. The summed E-state index contributed by atoms with van der Waals surface area (Å²) in [6.07, 6.45) is 0.128. The number of amides is 1. The lowest BCUT2D eigenvalue weighted by molar-refractivity contribution is -0.120. The maximum atomic E-state index is 14.0. The van der Waals surface area contributed by atoms with Gasteiger partial charge in [-0.3, -0.25) is 9.79 Å². The Morgan fingerprint density at radius 3 is 2.97 bits per heavy atom. The average Bonchev–Trinajstić information content (AvgIpc) is 3.09. The molecule has 1 saturated heterocycles. The molecule has 0 saturated carbocycles. The molecule has 3 rings (SSSR count). The molecule has 29 heavy (non-hydrogen) atoms. The number of carbonyl (C=O) groups is 1. The molecule has 4 N–H and O–H groups in total. The first-order chi connectivity index (χ1) is 13.8. The summed E-state index contributed by atoms with van der Waals surface area (Å²) in [4.78, 5) is 21.8. The van der Waals surface area contributed by atoms with Gasteiger partial charge in [-0.05, 0) is 38.1 Å². The number of carbonyl (C=O) groups excluding carboxylic acids is 1. The number of benzene rings is 1. The van der Waals surface area contributed by atoms with Crippen LogP contribution in [-0.2, 0) is 11.4 Å². The number of aryl methyl sites for hydroxylation is 1. The number of alkyl halides is 2. The predicted octanol–water partition coefficient (Wildman–Crippen LogP) is 2.15. The van der Waals surface area contributed by atoms with Gasteiger partial charge >= 0.3 is 0 Å². The smallest absolute Gasteiger partial charge is 0.280 e. The first kappa shape index (κ1) is 21.1. The van der Waals surface area contributed by atoms with Crippen LogP contribution >= 0.6 is 11.3 Å². The minimum atomic E-state index is -3.03. The molecule has 1 aliphatic rings. The summed E-state index contributed by atoms with van der Waals surface area (Å²) in [5.41, 5.74) is 9.28. The zero-order chi connectivity index (χ0) is 21.0. The highest BCUT2D eigenvalue weighted by atomic mass is 32.1. The fourth-order valence-corrected chi connectivity index (χ4v) is 3.72. The maximum Gasteiger partial charge on any atom is 0.280 e. The topological polar surface area (TPSA) is 102 Å². The molecule has 156 valence electrons. The molecule has 1 unspecified atom stereocenters. The number of hydrogen-bond donors (Lipinski definition) is 3. The third-order valence-corrected chi connectivity index (χ3v) is 5.63. The summed E-state index contributed by atoms with van der Waals surface area (Å²) < 4.78 is 33.9. The predicted molar refractivity (Wildman–Crippen MR) is 109 cm³/mol. The van der Waals surface area contributed by atoms with Crippen molar-refractivity contribution in [3.8, 4) is 5.75 Å². The van der Waals surface area contributed by atoms with Gasteiger partial charge in [0, 0.05) is 18.3 Å². The molecule has 7 nitrogen and oxygen atoms in total. The molecule has 2 heterocycles. The Morgan fingerprint density at radius 2 is 2.31 bits per heavy atom. The van der Waals surface area contributed by atoms with Gasteiger partial charge in [0.15, 0.2) is 0 Å². The van der Waals surface area contributed by atoms with Crippen LogP contribution in [0.15, 0.2) is 28.7 Å². The van der Waals surface area contributed by atoms with E-state index in [1.165, 1.54) is 18.4 Å². The number of aliphatic imine (C=N–C) groups is 1. The van der Waals surface area contributed by atoms with E-state index in [1.54, 1.807) is 23.7 Å². The van der Waals surface area contributed by atoms with Crippen LogP contribution in [0.5, 0.6) is 5.75 Å². The van der Waals surface area contributed by atoms with E-state index in [0.717, 1.165) is 10.6 Å². The number of halogens is 2. The number of aromatic nitrogens is 1. The van der Waals surface area contributed by atoms with Crippen molar-refractivity contribution >= 4 is 28.6 Å². The Hall–Kier alpha value is -2.59. The van der Waals surface area contributed by atoms with Crippen LogP contribution in [0.2, 0.25) is 0 Å². The second kappa shape index (κ2) is 8.83. The molecule has 10 heteroatoms. The number of nitrogens with one attached hydrogen (secondary N) is 2. The summed E-state index contributed by atoms with van der Waals surface area (Å²) in [6, 6.07) is 3.61. The summed E-state index contributed by atoms with van der Waals surface area (Å²) >= 11 is 1.49. The molecule has 0 radical (unpaired) electrons. The third-order valence-electron chi connectivity index (χ3n) is 4.72. The highest BCUT2D eigenvalue weighted by Gasteiger charge is 2.42. The first-order valence-electron chi connectivity index (χ1n) is 9.09. The van der Waals surface area contributed by atoms with Crippen LogP contribution in [0.4, 0.5) is 14.5 Å². The molecule has 0 spiro atoms. The van der Waals surface area contributed by atoms with Crippen molar-refractivity contribution in [1.29, 1.82) is 0 Å². The molecule has 0 aliphatic carbocycles. The quantitative estimate of drug-likeness (QED) is 0.488. The van der Waals surface area contributed by atoms with Gasteiger partial charge in [-0.25, -0.2) is 13.8 Å². The number of piperidine rings is 1. The largest absolute Gasteiger partial charge is 0.488 e. The van der Waals surface area contributed by atoms with Crippen molar-refractivity contribution in [2.75, 3.05) is 25.9 Å². The normalized spacial score (nSPS) is 19.0. The SMILES string of the molecule is CN=C(C(=O)NC1CCNCC1(F)F)c1cc(OCc2scnc2C)ccc1N. The van der Waals surface area contributed by atoms with E-state index in [4.69, 9.17) is 10.5 Å². The van der Waals surface area contributed by atoms with Gasteiger partial charge in [-0.15, -0.1) is 11.3 Å². The van der Waals surface area contributed by atoms with Crippen molar-refractivity contribution < 1.29 is 18.3 Å². The zero-order valence-corrected chi connectivity index (χ0v) is 17.0. The Morgan fingerprint density at radius 1 is 1.52 bits per heavy atom. The van der Waals surface area contributed by atoms with Crippen molar-refractivity contribution in [1.82, 2.24) is 15.6 Å². The van der Waals surface area contributed by atoms with E-state index in [-0.39, 0.29) is 12.1 Å². The third kappa shape index (κ3) is 4.88. The molecule has 1 aromatic heterocycles. The first-order valence-corrected chi connectivity index (χ1v) is 9.97. The number of ether oxygens (including phenoxy) is 1. The Kier molecular flexibility index (Phi) is 6.43. The van der Waals surface area contributed by atoms with Crippen molar-refractivity contribution in [2.24, 2.45) is 4.99 Å². The molecule has 1 aliphatic heterocycles. The number of rotatable bonds is 6. The number of thiazole rings is 1. The van der Waals surface area contributed by atoms with Gasteiger partial charge in [0.05, 0.1) is 28.7 Å². The number of anilines is 1. The monoisotopic (exact) mass is 423 g/mol. The van der Waals surface area contributed by atoms with Gasteiger partial charge in [0.25, 0.3) is 11.8 Å². The van der Waals surface area contributed by atoms with Gasteiger partial charge in [0.1, 0.15) is 18.1 Å². The summed E-state index contributed by atoms with van der Waals surface area (Å²) in [7, 11) is 1.42. The summed E-state index contributed by atoms with van der Waals surface area (Å²) in [5, 5.41) is 5.03. The molecule has 1 fully saturated rings. The Bertz CT molecular complexity index is 916. The van der Waals surface area contributed by atoms with Crippen molar-refractivity contribution in [2.45, 2.75) is 31.9 Å². The van der Waals surface area contributed by atoms with E-state index in [1.807, 2.05) is 6.92 Å². The van der Waals surface area contributed by atoms with Crippen molar-refractivity contribution in [3.63, 3.8) is 0 Å². The standard InChI is InChI=1S/C19H23F2N5O2S/c1-11-15(29-10-25-11)8-28-12-3-4-14(22)13(7-12)17(23-2)18(27)26-16-5-6-24-9-19(16,20)21/h3-4,7,10,16,24H,5-6,8-9,22H2,1-2H3,(H,26,27). The minimum absolute atomic E-state index is 0.0174. The van der Waals surface area contributed by atoms with Crippen molar-refractivity contribution in [3.05, 3.63) is 39.8 Å². The molecule has 1 aromatic carbocycles. The second-order valence-corrected chi connectivity index (χ2v) is 7.66. The summed E-state index contributed by atoms with van der Waals surface area (Å²) in [6.45, 7) is 2.15. The van der Waals surface area contributed by atoms with Crippen LogP contribution in [-0.4, -0.2) is 48.7 Å². The van der Waals surface area contributed by atoms with E-state index in [2.05, 4.69) is 20.6 Å². The minimum Gasteiger partial charge on any atom is -0.488 e. The number of nitrogens with two attached hydrogens (primary N) is 1. The molecule has 1 amide bonds. The van der Waals surface area contributed by atoms with Gasteiger partial charge in [-0.2, -0.15) is 0 Å². The van der Waals surface area contributed by atoms with E-state index >= 15 is 0 Å². The average molecular weight is 423 g/mol. The van der Waals surface area contributed by atoms with Crippen LogP contribution < -0.4 is 21.1 Å². The lowest BCUT2D eigenvalue weighted by atomic mass is 10.0. The fourth-order valence-electron chi connectivity index (χ4n) is 3.03. The van der Waals surface area contributed by atoms with E-state index in [0.29, 0.717) is 30.2 Å². The van der Waals surface area contributed by atoms with E-state index in [9.17, 15) is 13.6 Å². The fraction of sp³-hybridized carbons (Fsp3) is 0.421. The van der Waals surface area contributed by atoms with Crippen LogP contribution in [0.25, 0.3) is 0 Å². The lowest BCUT2D eigenvalue weighted by Gasteiger charge is -2.32. The highest BCUT2D eigenvalue weighted by molar-refractivity contribution is 7.09. The second-order valence-electron chi connectivity index (χ2n) is 6.72. The van der Waals surface area contributed by atoms with Crippen LogP contribution in [0.3, 0.4) is 0 Å². The van der Waals surface area contributed by atoms with Gasteiger partial charge < -0.3 is 21.1 Å². The molecular formula is C19H23F2N5O2S. The highest BCUT2D eigenvalue weighted by Crippen LogP contribution is 2.25. The number of hydrogen-bond acceptors (Lipinski definition) is 7. The zero-order valence-electron chi connectivity index (χ0n) is 16.2. The molecular weight excluding hydrogens is 400 g/mol. The Balaban J connectivity index is 1.76. The van der Waals surface area contributed by atoms with Crippen LogP contribution in [0.1, 0.15) is 22.6 Å². The maximum absolute atomic E-state index is 14.0. The van der Waals surface area contributed by atoms with Gasteiger partial charge in [0.2, 0.25) is 0 Å². The van der Waals surface area contributed by atoms with Gasteiger partial charge in [-0.1, -0.05) is 0 Å².